The van der Waals surface area contributed by atoms with E-state index in [0.29, 0.717) is 5.41 Å². The summed E-state index contributed by atoms with van der Waals surface area (Å²) < 4.78 is 0. The Kier molecular flexibility index (Phi) is 2.61. The van der Waals surface area contributed by atoms with E-state index in [1.165, 1.54) is 45.3 Å². The minimum atomic E-state index is 0.680. The maximum Gasteiger partial charge on any atom is 0.00129 e. The maximum atomic E-state index is 3.38. The first-order valence-corrected chi connectivity index (χ1v) is 5.60. The van der Waals surface area contributed by atoms with Crippen LogP contribution in [0.1, 0.15) is 25.7 Å². The predicted molar refractivity (Wildman–Crippen MR) is 55.8 cm³/mol. The van der Waals surface area contributed by atoms with Gasteiger partial charge in [0, 0.05) is 13.1 Å². The molecule has 1 aliphatic heterocycles. The Bertz CT molecular complexity index is 175. The summed E-state index contributed by atoms with van der Waals surface area (Å²) >= 11 is 0. The molecule has 0 aromatic heterocycles. The van der Waals surface area contributed by atoms with Gasteiger partial charge in [0.2, 0.25) is 0 Å². The van der Waals surface area contributed by atoms with Crippen molar-refractivity contribution in [1.82, 2.24) is 10.2 Å². The van der Waals surface area contributed by atoms with Crippen molar-refractivity contribution in [3.8, 4) is 0 Å². The lowest BCUT2D eigenvalue weighted by atomic mass is 9.60. The molecule has 1 atom stereocenters. The van der Waals surface area contributed by atoms with Crippen LogP contribution in [0.2, 0.25) is 0 Å². The Hall–Kier alpha value is -0.0800. The molecule has 0 amide bonds. The zero-order valence-electron chi connectivity index (χ0n) is 8.97. The van der Waals surface area contributed by atoms with Gasteiger partial charge in [-0.25, -0.2) is 0 Å². The first-order chi connectivity index (χ1) is 6.27. The Morgan fingerprint density at radius 1 is 1.46 bits per heavy atom. The van der Waals surface area contributed by atoms with Gasteiger partial charge in [-0.3, -0.25) is 0 Å². The second-order valence-corrected chi connectivity index (χ2v) is 4.99. The molecule has 0 aromatic carbocycles. The fourth-order valence-corrected chi connectivity index (χ4v) is 3.15. The predicted octanol–water partition coefficient (Wildman–Crippen LogP) is 1.33. The Morgan fingerprint density at radius 3 is 2.62 bits per heavy atom. The summed E-state index contributed by atoms with van der Waals surface area (Å²) in [5.74, 6) is 0.971. The van der Waals surface area contributed by atoms with Gasteiger partial charge in [0.1, 0.15) is 0 Å². The number of hydrogen-bond acceptors (Lipinski definition) is 2. The van der Waals surface area contributed by atoms with Crippen molar-refractivity contribution in [2.75, 3.05) is 33.7 Å². The van der Waals surface area contributed by atoms with Gasteiger partial charge in [-0.1, -0.05) is 6.42 Å². The van der Waals surface area contributed by atoms with Crippen LogP contribution in [0.4, 0.5) is 0 Å². The quantitative estimate of drug-likeness (QED) is 0.708. The highest BCUT2D eigenvalue weighted by Gasteiger charge is 2.45. The van der Waals surface area contributed by atoms with Crippen LogP contribution in [0, 0.1) is 11.3 Å². The fourth-order valence-electron chi connectivity index (χ4n) is 3.15. The van der Waals surface area contributed by atoms with E-state index >= 15 is 0 Å². The van der Waals surface area contributed by atoms with Gasteiger partial charge in [-0.05, 0) is 51.2 Å². The molecular formula is C11H22N2. The van der Waals surface area contributed by atoms with Gasteiger partial charge >= 0.3 is 0 Å². The first kappa shape index (κ1) is 9.47. The lowest BCUT2D eigenvalue weighted by Crippen LogP contribution is -2.45. The molecule has 2 fully saturated rings. The Morgan fingerprint density at radius 2 is 2.23 bits per heavy atom. The third kappa shape index (κ3) is 1.62. The lowest BCUT2D eigenvalue weighted by molar-refractivity contribution is 0.0560. The number of rotatable bonds is 3. The molecule has 0 aromatic rings. The molecule has 2 heteroatoms. The minimum Gasteiger partial charge on any atom is -0.319 e. The molecule has 1 saturated heterocycles. The van der Waals surface area contributed by atoms with E-state index in [4.69, 9.17) is 0 Å². The van der Waals surface area contributed by atoms with E-state index < -0.39 is 0 Å². The first-order valence-electron chi connectivity index (χ1n) is 5.60. The van der Waals surface area contributed by atoms with E-state index in [1.807, 2.05) is 0 Å². The van der Waals surface area contributed by atoms with E-state index in [9.17, 15) is 0 Å². The van der Waals surface area contributed by atoms with E-state index in [0.717, 1.165) is 5.92 Å². The van der Waals surface area contributed by atoms with Gasteiger partial charge < -0.3 is 10.2 Å². The average molecular weight is 182 g/mol. The standard InChI is InChI=1S/C11H22N2/c1-12-9-11(5-3-6-11)10-4-7-13(2)8-10/h10,12H,3-9H2,1-2H3. The summed E-state index contributed by atoms with van der Waals surface area (Å²) in [6, 6.07) is 0. The molecule has 76 valence electrons. The molecule has 0 bridgehead atoms. The Balaban J connectivity index is 1.96. The third-order valence-corrected chi connectivity index (χ3v) is 4.14. The second-order valence-electron chi connectivity index (χ2n) is 4.99. The lowest BCUT2D eigenvalue weighted by Gasteiger charge is -2.46. The highest BCUT2D eigenvalue weighted by Crippen LogP contribution is 2.49. The maximum absolute atomic E-state index is 3.38. The molecule has 2 rings (SSSR count). The van der Waals surface area contributed by atoms with E-state index in [2.05, 4.69) is 24.3 Å². The molecule has 1 N–H and O–H groups in total. The molecule has 0 spiro atoms. The van der Waals surface area contributed by atoms with Crippen molar-refractivity contribution in [3.63, 3.8) is 0 Å². The summed E-state index contributed by atoms with van der Waals surface area (Å²) in [5.41, 5.74) is 0.680. The zero-order valence-corrected chi connectivity index (χ0v) is 8.97. The third-order valence-electron chi connectivity index (χ3n) is 4.14. The van der Waals surface area contributed by atoms with Crippen LogP contribution in [0.3, 0.4) is 0 Å². The molecular weight excluding hydrogens is 160 g/mol. The summed E-state index contributed by atoms with van der Waals surface area (Å²) in [5, 5.41) is 3.38. The number of nitrogens with zero attached hydrogens (tertiary/aromatic N) is 1. The van der Waals surface area contributed by atoms with Crippen LogP contribution in [0.15, 0.2) is 0 Å². The molecule has 13 heavy (non-hydrogen) atoms. The number of nitrogens with one attached hydrogen (secondary N) is 1. The van der Waals surface area contributed by atoms with Gasteiger partial charge in [-0.2, -0.15) is 0 Å². The summed E-state index contributed by atoms with van der Waals surface area (Å²) in [6.07, 6.45) is 5.82. The summed E-state index contributed by atoms with van der Waals surface area (Å²) in [6.45, 7) is 3.89. The molecule has 0 radical (unpaired) electrons. The minimum absolute atomic E-state index is 0.680. The van der Waals surface area contributed by atoms with Gasteiger partial charge in [-0.15, -0.1) is 0 Å². The van der Waals surface area contributed by atoms with Crippen LogP contribution in [0.25, 0.3) is 0 Å². The highest BCUT2D eigenvalue weighted by atomic mass is 15.1. The Labute approximate surface area is 81.7 Å². The molecule has 2 aliphatic rings. The molecule has 1 heterocycles. The van der Waals surface area contributed by atoms with Crippen molar-refractivity contribution in [2.45, 2.75) is 25.7 Å². The monoisotopic (exact) mass is 182 g/mol. The van der Waals surface area contributed by atoms with E-state index in [1.54, 1.807) is 0 Å². The fraction of sp³-hybridized carbons (Fsp3) is 1.00. The van der Waals surface area contributed by atoms with Crippen LogP contribution in [0.5, 0.6) is 0 Å². The second kappa shape index (κ2) is 3.58. The number of likely N-dealkylation sites (tertiary alicyclic amines) is 1. The van der Waals surface area contributed by atoms with Crippen LogP contribution in [-0.2, 0) is 0 Å². The SMILES string of the molecule is CNCC1(C2CCN(C)C2)CCC1. The van der Waals surface area contributed by atoms with Crippen molar-refractivity contribution < 1.29 is 0 Å². The van der Waals surface area contributed by atoms with Crippen LogP contribution < -0.4 is 5.32 Å². The van der Waals surface area contributed by atoms with Gasteiger partial charge in [0.25, 0.3) is 0 Å². The van der Waals surface area contributed by atoms with E-state index in [-0.39, 0.29) is 0 Å². The zero-order chi connectivity index (χ0) is 9.31. The average Bonchev–Trinajstić information content (AvgIpc) is 2.44. The molecule has 1 saturated carbocycles. The molecule has 1 aliphatic carbocycles. The summed E-state index contributed by atoms with van der Waals surface area (Å²) in [7, 11) is 4.35. The van der Waals surface area contributed by atoms with Crippen molar-refractivity contribution in [3.05, 3.63) is 0 Å². The smallest absolute Gasteiger partial charge is 0.00129 e. The van der Waals surface area contributed by atoms with Crippen molar-refractivity contribution >= 4 is 0 Å². The van der Waals surface area contributed by atoms with Gasteiger partial charge in [0.15, 0.2) is 0 Å². The topological polar surface area (TPSA) is 15.3 Å². The highest BCUT2D eigenvalue weighted by molar-refractivity contribution is 4.97. The normalized spacial score (nSPS) is 33.2. The largest absolute Gasteiger partial charge is 0.319 e. The van der Waals surface area contributed by atoms with Crippen LogP contribution >= 0.6 is 0 Å². The molecule has 2 nitrogen and oxygen atoms in total. The molecule has 1 unspecified atom stereocenters. The van der Waals surface area contributed by atoms with Crippen LogP contribution in [-0.4, -0.2) is 38.6 Å². The summed E-state index contributed by atoms with van der Waals surface area (Å²) in [4.78, 5) is 2.49. The van der Waals surface area contributed by atoms with Gasteiger partial charge in [0.05, 0.1) is 0 Å². The number of hydrogen-bond donors (Lipinski definition) is 1. The van der Waals surface area contributed by atoms with Crippen molar-refractivity contribution in [2.24, 2.45) is 11.3 Å². The van der Waals surface area contributed by atoms with Crippen molar-refractivity contribution in [1.29, 1.82) is 0 Å².